The smallest absolute Gasteiger partial charge is 0.295 e. The Balaban J connectivity index is 2.04. The maximum atomic E-state index is 13.5. The van der Waals surface area contributed by atoms with Crippen LogP contribution >= 0.6 is 0 Å². The number of unbranched alkanes of at least 4 members (excludes halogenated alkanes) is 1. The van der Waals surface area contributed by atoms with Gasteiger partial charge >= 0.3 is 0 Å². The van der Waals surface area contributed by atoms with Gasteiger partial charge in [-0.3, -0.25) is 9.59 Å². The third-order valence-corrected chi connectivity index (χ3v) is 7.64. The van der Waals surface area contributed by atoms with E-state index in [1.165, 1.54) is 0 Å². The fourth-order valence-corrected chi connectivity index (χ4v) is 5.06. The zero-order valence-corrected chi connectivity index (χ0v) is 26.2. The Morgan fingerprint density at radius 3 is 2.40 bits per heavy atom. The van der Waals surface area contributed by atoms with Gasteiger partial charge in [0.05, 0.1) is 31.9 Å². The van der Waals surface area contributed by atoms with E-state index >= 15 is 0 Å². The maximum Gasteiger partial charge on any atom is 0.295 e. The molecule has 2 aromatic rings. The number of ether oxygens (including phenoxy) is 3. The zero-order valence-electron chi connectivity index (χ0n) is 26.2. The van der Waals surface area contributed by atoms with Crippen molar-refractivity contribution >= 4 is 17.4 Å². The van der Waals surface area contributed by atoms with Gasteiger partial charge in [0.1, 0.15) is 11.5 Å². The van der Waals surface area contributed by atoms with Gasteiger partial charge in [-0.2, -0.15) is 0 Å². The molecule has 1 saturated heterocycles. The van der Waals surface area contributed by atoms with Gasteiger partial charge in [-0.15, -0.1) is 0 Å². The standard InChI is InChI=1S/C34H48N2O6/c1-7-10-20-41-27-14-11-13-26(22-27)32(37)30-31(36(34(39)33(30)38)19-12-18-35(8-2)9-3)25-15-16-28(29(23-25)40-6)42-21-17-24(4)5/h11,13-16,22-24,31,37H,7-10,12,17-21H2,1-6H3/b32-30+. The van der Waals surface area contributed by atoms with Gasteiger partial charge in [0, 0.05) is 12.1 Å². The molecule has 42 heavy (non-hydrogen) atoms. The lowest BCUT2D eigenvalue weighted by Crippen LogP contribution is -2.33. The van der Waals surface area contributed by atoms with Gasteiger partial charge in [0.25, 0.3) is 11.7 Å². The molecule has 0 spiro atoms. The highest BCUT2D eigenvalue weighted by Gasteiger charge is 2.46. The Morgan fingerprint density at radius 1 is 0.976 bits per heavy atom. The first-order valence-corrected chi connectivity index (χ1v) is 15.3. The van der Waals surface area contributed by atoms with Crippen LogP contribution in [0, 0.1) is 5.92 Å². The Kier molecular flexibility index (Phi) is 12.7. The normalized spacial score (nSPS) is 16.5. The summed E-state index contributed by atoms with van der Waals surface area (Å²) < 4.78 is 17.5. The topological polar surface area (TPSA) is 88.5 Å². The number of nitrogens with zero attached hydrogens (tertiary/aromatic N) is 2. The summed E-state index contributed by atoms with van der Waals surface area (Å²) in [6.45, 7) is 14.7. The van der Waals surface area contributed by atoms with Crippen molar-refractivity contribution in [1.29, 1.82) is 0 Å². The molecular formula is C34H48N2O6. The predicted molar refractivity (Wildman–Crippen MR) is 166 cm³/mol. The fraction of sp³-hybridized carbons (Fsp3) is 0.529. The molecule has 0 aliphatic carbocycles. The molecule has 1 aliphatic heterocycles. The number of carbonyl (C=O) groups excluding carboxylic acids is 2. The molecule has 1 N–H and O–H groups in total. The number of methoxy groups -OCH3 is 1. The van der Waals surface area contributed by atoms with Gasteiger partial charge < -0.3 is 29.1 Å². The van der Waals surface area contributed by atoms with E-state index in [-0.39, 0.29) is 11.3 Å². The molecule has 1 unspecified atom stereocenters. The van der Waals surface area contributed by atoms with E-state index in [0.29, 0.717) is 60.5 Å². The molecule has 3 rings (SSSR count). The monoisotopic (exact) mass is 580 g/mol. The zero-order chi connectivity index (χ0) is 30.6. The Labute approximate surface area is 251 Å². The highest BCUT2D eigenvalue weighted by atomic mass is 16.5. The molecular weight excluding hydrogens is 532 g/mol. The molecule has 1 fully saturated rings. The van der Waals surface area contributed by atoms with Crippen LogP contribution in [0.25, 0.3) is 5.76 Å². The van der Waals surface area contributed by atoms with Gasteiger partial charge in [-0.05, 0) is 74.6 Å². The number of hydrogen-bond acceptors (Lipinski definition) is 7. The summed E-state index contributed by atoms with van der Waals surface area (Å²) in [5.41, 5.74) is 1.15. The van der Waals surface area contributed by atoms with Crippen LogP contribution in [0.2, 0.25) is 0 Å². The number of rotatable bonds is 17. The fourth-order valence-electron chi connectivity index (χ4n) is 5.06. The van der Waals surface area contributed by atoms with Gasteiger partial charge in [0.2, 0.25) is 0 Å². The van der Waals surface area contributed by atoms with E-state index in [4.69, 9.17) is 14.2 Å². The molecule has 8 heteroatoms. The molecule has 1 atom stereocenters. The number of ketones is 1. The lowest BCUT2D eigenvalue weighted by molar-refractivity contribution is -0.140. The van der Waals surface area contributed by atoms with Crippen molar-refractivity contribution in [3.63, 3.8) is 0 Å². The summed E-state index contributed by atoms with van der Waals surface area (Å²) in [4.78, 5) is 30.9. The minimum atomic E-state index is -0.773. The predicted octanol–water partition coefficient (Wildman–Crippen LogP) is 6.45. The van der Waals surface area contributed by atoms with E-state index < -0.39 is 17.7 Å². The van der Waals surface area contributed by atoms with Crippen LogP contribution in [0.4, 0.5) is 0 Å². The number of likely N-dealkylation sites (tertiary alicyclic amines) is 1. The van der Waals surface area contributed by atoms with Crippen LogP contribution in [0.3, 0.4) is 0 Å². The van der Waals surface area contributed by atoms with Crippen LogP contribution in [0.15, 0.2) is 48.0 Å². The van der Waals surface area contributed by atoms with Gasteiger partial charge in [0.15, 0.2) is 11.5 Å². The van der Waals surface area contributed by atoms with Crippen molar-refractivity contribution < 1.29 is 28.9 Å². The van der Waals surface area contributed by atoms with Crippen molar-refractivity contribution in [2.24, 2.45) is 5.92 Å². The maximum absolute atomic E-state index is 13.5. The molecule has 2 aromatic carbocycles. The lowest BCUT2D eigenvalue weighted by atomic mass is 9.95. The number of benzene rings is 2. The van der Waals surface area contributed by atoms with Gasteiger partial charge in [-0.25, -0.2) is 0 Å². The van der Waals surface area contributed by atoms with Crippen molar-refractivity contribution in [2.75, 3.05) is 46.5 Å². The second-order valence-corrected chi connectivity index (χ2v) is 11.0. The first-order chi connectivity index (χ1) is 20.2. The van der Waals surface area contributed by atoms with Crippen LogP contribution in [-0.4, -0.2) is 73.1 Å². The average Bonchev–Trinajstić information content (AvgIpc) is 3.24. The third-order valence-electron chi connectivity index (χ3n) is 7.64. The summed E-state index contributed by atoms with van der Waals surface area (Å²) in [6, 6.07) is 11.7. The minimum Gasteiger partial charge on any atom is -0.507 e. The van der Waals surface area contributed by atoms with E-state index in [1.807, 2.05) is 18.2 Å². The first kappa shape index (κ1) is 33.0. The van der Waals surface area contributed by atoms with E-state index in [2.05, 4.69) is 39.5 Å². The Hall–Kier alpha value is -3.52. The Morgan fingerprint density at radius 2 is 1.74 bits per heavy atom. The Bertz CT molecular complexity index is 1220. The van der Waals surface area contributed by atoms with Crippen molar-refractivity contribution in [1.82, 2.24) is 9.80 Å². The molecule has 1 aliphatic rings. The molecule has 0 saturated carbocycles. The average molecular weight is 581 g/mol. The summed E-state index contributed by atoms with van der Waals surface area (Å²) >= 11 is 0. The molecule has 230 valence electrons. The summed E-state index contributed by atoms with van der Waals surface area (Å²) in [6.07, 6.45) is 3.51. The summed E-state index contributed by atoms with van der Waals surface area (Å²) in [7, 11) is 1.57. The second-order valence-electron chi connectivity index (χ2n) is 11.0. The highest BCUT2D eigenvalue weighted by molar-refractivity contribution is 6.46. The molecule has 1 heterocycles. The second kappa shape index (κ2) is 16.2. The minimum absolute atomic E-state index is 0.0593. The van der Waals surface area contributed by atoms with Crippen LogP contribution in [-0.2, 0) is 9.59 Å². The quantitative estimate of drug-likeness (QED) is 0.0995. The number of carbonyl (C=O) groups is 2. The SMILES string of the molecule is CCCCOc1cccc(/C(O)=C2\C(=O)C(=O)N(CCCN(CC)CC)C2c2ccc(OCCC(C)C)c(OC)c2)c1. The molecule has 0 radical (unpaired) electrons. The van der Waals surface area contributed by atoms with Crippen LogP contribution in [0.5, 0.6) is 17.2 Å². The number of amides is 1. The van der Waals surface area contributed by atoms with E-state index in [0.717, 1.165) is 38.9 Å². The summed E-state index contributed by atoms with van der Waals surface area (Å²) in [5.74, 6) is 0.667. The molecule has 0 aromatic heterocycles. The van der Waals surface area contributed by atoms with Crippen LogP contribution in [0.1, 0.15) is 77.5 Å². The van der Waals surface area contributed by atoms with Crippen molar-refractivity contribution in [3.05, 3.63) is 59.2 Å². The summed E-state index contributed by atoms with van der Waals surface area (Å²) in [5, 5.41) is 11.6. The van der Waals surface area contributed by atoms with Crippen molar-refractivity contribution in [3.8, 4) is 17.2 Å². The van der Waals surface area contributed by atoms with E-state index in [9.17, 15) is 14.7 Å². The first-order valence-electron chi connectivity index (χ1n) is 15.3. The number of hydrogen-bond donors (Lipinski definition) is 1. The number of aliphatic hydroxyl groups excluding tert-OH is 1. The molecule has 1 amide bonds. The molecule has 8 nitrogen and oxygen atoms in total. The largest absolute Gasteiger partial charge is 0.507 e. The number of Topliss-reactive ketones (excluding diaryl/α,β-unsaturated/α-hetero) is 1. The number of aliphatic hydroxyl groups is 1. The molecule has 0 bridgehead atoms. The van der Waals surface area contributed by atoms with Gasteiger partial charge in [-0.1, -0.05) is 59.2 Å². The van der Waals surface area contributed by atoms with E-state index in [1.54, 1.807) is 36.3 Å². The third kappa shape index (κ3) is 8.28. The van der Waals surface area contributed by atoms with Crippen molar-refractivity contribution in [2.45, 2.75) is 66.3 Å². The lowest BCUT2D eigenvalue weighted by Gasteiger charge is -2.27. The van der Waals surface area contributed by atoms with Crippen LogP contribution < -0.4 is 14.2 Å². The highest BCUT2D eigenvalue weighted by Crippen LogP contribution is 2.42.